The third kappa shape index (κ3) is 5.94. The monoisotopic (exact) mass is 456 g/mol. The van der Waals surface area contributed by atoms with Gasteiger partial charge in [0.05, 0.1) is 11.4 Å². The van der Waals surface area contributed by atoms with Crippen LogP contribution >= 0.6 is 11.6 Å². The quantitative estimate of drug-likeness (QED) is 0.516. The van der Waals surface area contributed by atoms with E-state index in [9.17, 15) is 13.2 Å². The Kier molecular flexibility index (Phi) is 7.49. The lowest BCUT2D eigenvalue weighted by Crippen LogP contribution is -2.37. The molecule has 0 spiro atoms. The Morgan fingerprint density at radius 2 is 1.61 bits per heavy atom. The van der Waals surface area contributed by atoms with Crippen molar-refractivity contribution in [1.82, 2.24) is 4.31 Å². The molecule has 0 aliphatic rings. The second kappa shape index (κ2) is 10.1. The maximum atomic E-state index is 13.3. The summed E-state index contributed by atoms with van der Waals surface area (Å²) in [6.07, 6.45) is 0.757. The van der Waals surface area contributed by atoms with Gasteiger partial charge in [0.1, 0.15) is 0 Å². The van der Waals surface area contributed by atoms with E-state index in [-0.39, 0.29) is 18.0 Å². The van der Waals surface area contributed by atoms with Gasteiger partial charge in [-0.1, -0.05) is 66.6 Å². The predicted molar refractivity (Wildman–Crippen MR) is 125 cm³/mol. The van der Waals surface area contributed by atoms with Crippen molar-refractivity contribution in [3.8, 4) is 0 Å². The van der Waals surface area contributed by atoms with Crippen LogP contribution in [-0.4, -0.2) is 25.2 Å². The number of nitrogens with zero attached hydrogens (tertiary/aromatic N) is 1. The van der Waals surface area contributed by atoms with Gasteiger partial charge in [-0.05, 0) is 54.8 Å². The second-order valence-corrected chi connectivity index (χ2v) is 9.65. The fourth-order valence-electron chi connectivity index (χ4n) is 3.18. The van der Waals surface area contributed by atoms with Crippen LogP contribution in [0.1, 0.15) is 23.6 Å². The van der Waals surface area contributed by atoms with Gasteiger partial charge in [-0.3, -0.25) is 4.79 Å². The van der Waals surface area contributed by atoms with Crippen LogP contribution in [0.4, 0.5) is 5.69 Å². The Morgan fingerprint density at radius 3 is 2.26 bits per heavy atom. The van der Waals surface area contributed by atoms with E-state index in [4.69, 9.17) is 11.6 Å². The summed E-state index contributed by atoms with van der Waals surface area (Å²) in [4.78, 5) is 13.0. The van der Waals surface area contributed by atoms with Crippen molar-refractivity contribution in [3.05, 3.63) is 94.5 Å². The Bertz CT molecular complexity index is 1140. The number of aryl methyl sites for hydroxylation is 2. The second-order valence-electron chi connectivity index (χ2n) is 7.27. The zero-order chi connectivity index (χ0) is 22.4. The van der Waals surface area contributed by atoms with E-state index in [0.29, 0.717) is 10.7 Å². The van der Waals surface area contributed by atoms with Gasteiger partial charge in [0.25, 0.3) is 0 Å². The summed E-state index contributed by atoms with van der Waals surface area (Å²) in [6, 6.07) is 21.0. The van der Waals surface area contributed by atoms with Crippen LogP contribution in [0, 0.1) is 6.92 Å². The fourth-order valence-corrected chi connectivity index (χ4v) is 4.69. The molecule has 0 aromatic heterocycles. The first-order chi connectivity index (χ1) is 14.8. The van der Waals surface area contributed by atoms with Crippen LogP contribution in [0.15, 0.2) is 77.7 Å². The lowest BCUT2D eigenvalue weighted by Gasteiger charge is -2.22. The van der Waals surface area contributed by atoms with Crippen molar-refractivity contribution in [2.45, 2.75) is 31.7 Å². The Hall–Kier alpha value is -2.67. The molecule has 0 aliphatic heterocycles. The highest BCUT2D eigenvalue weighted by Crippen LogP contribution is 2.21. The van der Waals surface area contributed by atoms with Crippen molar-refractivity contribution in [1.29, 1.82) is 0 Å². The molecular weight excluding hydrogens is 432 g/mol. The molecule has 0 atom stereocenters. The number of halogens is 1. The SMILES string of the molecule is CCc1ccccc1NC(=O)CN(Cc1ccc(Cl)cc1)S(=O)(=O)c1ccc(C)cc1. The van der Waals surface area contributed by atoms with Gasteiger partial charge in [0, 0.05) is 17.3 Å². The summed E-state index contributed by atoms with van der Waals surface area (Å²) in [7, 11) is -3.89. The first-order valence-electron chi connectivity index (χ1n) is 9.98. The molecule has 0 radical (unpaired) electrons. The number of sulfonamides is 1. The number of rotatable bonds is 8. The highest BCUT2D eigenvalue weighted by Gasteiger charge is 2.27. The van der Waals surface area contributed by atoms with E-state index in [2.05, 4.69) is 5.32 Å². The predicted octanol–water partition coefficient (Wildman–Crippen LogP) is 5.04. The number of para-hydroxylation sites is 1. The van der Waals surface area contributed by atoms with E-state index < -0.39 is 15.9 Å². The molecule has 31 heavy (non-hydrogen) atoms. The van der Waals surface area contributed by atoms with Crippen molar-refractivity contribution < 1.29 is 13.2 Å². The molecule has 5 nitrogen and oxygen atoms in total. The fraction of sp³-hybridized carbons (Fsp3) is 0.208. The minimum Gasteiger partial charge on any atom is -0.325 e. The number of carbonyl (C=O) groups excluding carboxylic acids is 1. The molecule has 3 aromatic rings. The van der Waals surface area contributed by atoms with Gasteiger partial charge in [0.2, 0.25) is 15.9 Å². The van der Waals surface area contributed by atoms with Crippen molar-refractivity contribution in [3.63, 3.8) is 0 Å². The van der Waals surface area contributed by atoms with Gasteiger partial charge in [-0.25, -0.2) is 8.42 Å². The number of anilines is 1. The average Bonchev–Trinajstić information content (AvgIpc) is 2.75. The third-order valence-corrected chi connectivity index (χ3v) is 6.98. The zero-order valence-corrected chi connectivity index (χ0v) is 19.1. The van der Waals surface area contributed by atoms with E-state index in [1.165, 1.54) is 4.31 Å². The minimum atomic E-state index is -3.89. The van der Waals surface area contributed by atoms with Gasteiger partial charge in [0.15, 0.2) is 0 Å². The highest BCUT2D eigenvalue weighted by molar-refractivity contribution is 7.89. The van der Waals surface area contributed by atoms with Crippen LogP contribution in [0.3, 0.4) is 0 Å². The number of amides is 1. The molecule has 0 aliphatic carbocycles. The molecule has 162 valence electrons. The summed E-state index contributed by atoms with van der Waals surface area (Å²) >= 11 is 5.96. The number of hydrogen-bond acceptors (Lipinski definition) is 3. The van der Waals surface area contributed by atoms with E-state index in [1.807, 2.05) is 38.1 Å². The first-order valence-corrected chi connectivity index (χ1v) is 11.8. The molecule has 1 N–H and O–H groups in total. The molecule has 3 aromatic carbocycles. The molecule has 1 amide bonds. The smallest absolute Gasteiger partial charge is 0.243 e. The van der Waals surface area contributed by atoms with Crippen LogP contribution in [0.5, 0.6) is 0 Å². The molecule has 0 unspecified atom stereocenters. The van der Waals surface area contributed by atoms with E-state index in [0.717, 1.165) is 23.1 Å². The molecular formula is C24H25ClN2O3S. The Labute approximate surface area is 188 Å². The van der Waals surface area contributed by atoms with Crippen LogP contribution in [0.2, 0.25) is 5.02 Å². The molecule has 0 fully saturated rings. The number of nitrogens with one attached hydrogen (secondary N) is 1. The molecule has 0 saturated carbocycles. The topological polar surface area (TPSA) is 66.5 Å². The number of carbonyl (C=O) groups is 1. The summed E-state index contributed by atoms with van der Waals surface area (Å²) in [6.45, 7) is 3.63. The normalized spacial score (nSPS) is 11.5. The molecule has 0 heterocycles. The maximum absolute atomic E-state index is 13.3. The van der Waals surface area contributed by atoms with Crippen LogP contribution in [-0.2, 0) is 27.8 Å². The lowest BCUT2D eigenvalue weighted by molar-refractivity contribution is -0.116. The van der Waals surface area contributed by atoms with E-state index in [1.54, 1.807) is 48.5 Å². The number of benzene rings is 3. The molecule has 3 rings (SSSR count). The van der Waals surface area contributed by atoms with Crippen LogP contribution in [0.25, 0.3) is 0 Å². The highest BCUT2D eigenvalue weighted by atomic mass is 35.5. The summed E-state index contributed by atoms with van der Waals surface area (Å²) in [5, 5.41) is 3.41. The molecule has 0 saturated heterocycles. The molecule has 0 bridgehead atoms. The van der Waals surface area contributed by atoms with Crippen molar-refractivity contribution in [2.75, 3.05) is 11.9 Å². The standard InChI is InChI=1S/C24H25ClN2O3S/c1-3-20-6-4-5-7-23(20)26-24(28)17-27(16-19-10-12-21(25)13-11-19)31(29,30)22-14-8-18(2)9-15-22/h4-15H,3,16-17H2,1-2H3,(H,26,28). The maximum Gasteiger partial charge on any atom is 0.243 e. The van der Waals surface area contributed by atoms with Gasteiger partial charge >= 0.3 is 0 Å². The Morgan fingerprint density at radius 1 is 0.968 bits per heavy atom. The van der Waals surface area contributed by atoms with Gasteiger partial charge in [-0.2, -0.15) is 4.31 Å². The lowest BCUT2D eigenvalue weighted by atomic mass is 10.1. The first kappa shape index (κ1) is 23.0. The Balaban J connectivity index is 1.88. The van der Waals surface area contributed by atoms with Gasteiger partial charge in [-0.15, -0.1) is 0 Å². The number of hydrogen-bond donors (Lipinski definition) is 1. The minimum absolute atomic E-state index is 0.0518. The third-order valence-electron chi connectivity index (χ3n) is 4.92. The van der Waals surface area contributed by atoms with E-state index >= 15 is 0 Å². The molecule has 7 heteroatoms. The zero-order valence-electron chi connectivity index (χ0n) is 17.5. The van der Waals surface area contributed by atoms with Crippen molar-refractivity contribution in [2.24, 2.45) is 0 Å². The van der Waals surface area contributed by atoms with Crippen molar-refractivity contribution >= 4 is 33.2 Å². The average molecular weight is 457 g/mol. The van der Waals surface area contributed by atoms with Crippen LogP contribution < -0.4 is 5.32 Å². The summed E-state index contributed by atoms with van der Waals surface area (Å²) in [5.74, 6) is -0.398. The summed E-state index contributed by atoms with van der Waals surface area (Å²) in [5.41, 5.74) is 3.37. The largest absolute Gasteiger partial charge is 0.325 e. The van der Waals surface area contributed by atoms with Gasteiger partial charge < -0.3 is 5.32 Å². The summed E-state index contributed by atoms with van der Waals surface area (Å²) < 4.78 is 27.9.